The number of nitrogens with zero attached hydrogens (tertiary/aromatic N) is 1. The zero-order valence-electron chi connectivity index (χ0n) is 10.0. The van der Waals surface area contributed by atoms with E-state index in [0.29, 0.717) is 5.52 Å². The zero-order chi connectivity index (χ0) is 12.5. The Balaban J connectivity index is 2.39. The number of rotatable bonds is 1. The molecule has 1 aromatic heterocycles. The standard InChI is InChI=1S/C16H12FN/c1-11-6-2-3-7-12(11)14-10-16(17)18-15-9-5-4-8-13(14)15/h2-10H,1H3. The highest BCUT2D eigenvalue weighted by molar-refractivity contribution is 5.95. The number of halogens is 1. The second-order valence-electron chi connectivity index (χ2n) is 4.32. The number of hydrogen-bond donors (Lipinski definition) is 0. The number of benzene rings is 2. The van der Waals surface area contributed by atoms with Crippen LogP contribution in [0.15, 0.2) is 54.6 Å². The van der Waals surface area contributed by atoms with E-state index in [1.165, 1.54) is 6.07 Å². The molecule has 18 heavy (non-hydrogen) atoms. The molecule has 3 aromatic rings. The van der Waals surface area contributed by atoms with Crippen molar-refractivity contribution in [2.75, 3.05) is 0 Å². The molecule has 1 nitrogen and oxygen atoms in total. The molecule has 0 unspecified atom stereocenters. The van der Waals surface area contributed by atoms with Crippen molar-refractivity contribution >= 4 is 10.9 Å². The van der Waals surface area contributed by atoms with Gasteiger partial charge in [0, 0.05) is 11.5 Å². The van der Waals surface area contributed by atoms with Gasteiger partial charge in [-0.2, -0.15) is 4.39 Å². The lowest BCUT2D eigenvalue weighted by Gasteiger charge is -2.09. The van der Waals surface area contributed by atoms with Crippen molar-refractivity contribution in [3.8, 4) is 11.1 Å². The molecule has 0 N–H and O–H groups in total. The molecule has 0 amide bonds. The van der Waals surface area contributed by atoms with Gasteiger partial charge in [0.25, 0.3) is 0 Å². The Morgan fingerprint density at radius 1 is 0.889 bits per heavy atom. The maximum absolute atomic E-state index is 13.6. The highest BCUT2D eigenvalue weighted by Crippen LogP contribution is 2.30. The average molecular weight is 237 g/mol. The minimum atomic E-state index is -0.438. The van der Waals surface area contributed by atoms with Gasteiger partial charge in [0.05, 0.1) is 5.52 Å². The van der Waals surface area contributed by atoms with Crippen LogP contribution in [0.2, 0.25) is 0 Å². The summed E-state index contributed by atoms with van der Waals surface area (Å²) in [6.45, 7) is 2.03. The van der Waals surface area contributed by atoms with E-state index in [0.717, 1.165) is 22.1 Å². The van der Waals surface area contributed by atoms with Crippen LogP contribution in [-0.2, 0) is 0 Å². The molecule has 0 saturated heterocycles. The molecule has 0 spiro atoms. The van der Waals surface area contributed by atoms with E-state index in [-0.39, 0.29) is 0 Å². The molecule has 0 fully saturated rings. The number of hydrogen-bond acceptors (Lipinski definition) is 1. The number of aromatic nitrogens is 1. The van der Waals surface area contributed by atoms with Crippen LogP contribution in [0.25, 0.3) is 22.0 Å². The first-order valence-corrected chi connectivity index (χ1v) is 5.87. The number of pyridine rings is 1. The van der Waals surface area contributed by atoms with Crippen LogP contribution in [0, 0.1) is 12.9 Å². The van der Waals surface area contributed by atoms with Crippen molar-refractivity contribution in [3.63, 3.8) is 0 Å². The van der Waals surface area contributed by atoms with Gasteiger partial charge in [0.1, 0.15) is 0 Å². The van der Waals surface area contributed by atoms with Crippen molar-refractivity contribution in [2.24, 2.45) is 0 Å². The summed E-state index contributed by atoms with van der Waals surface area (Å²) in [5.74, 6) is -0.438. The topological polar surface area (TPSA) is 12.9 Å². The summed E-state index contributed by atoms with van der Waals surface area (Å²) in [6, 6.07) is 17.1. The van der Waals surface area contributed by atoms with Crippen LogP contribution < -0.4 is 0 Å². The Morgan fingerprint density at radius 2 is 1.61 bits per heavy atom. The fourth-order valence-corrected chi connectivity index (χ4v) is 2.24. The summed E-state index contributed by atoms with van der Waals surface area (Å²) >= 11 is 0. The monoisotopic (exact) mass is 237 g/mol. The van der Waals surface area contributed by atoms with Gasteiger partial charge in [-0.1, -0.05) is 42.5 Å². The Morgan fingerprint density at radius 3 is 2.44 bits per heavy atom. The molecule has 2 heteroatoms. The average Bonchev–Trinajstić information content (AvgIpc) is 2.38. The first-order valence-electron chi connectivity index (χ1n) is 5.87. The van der Waals surface area contributed by atoms with Crippen LogP contribution in [0.1, 0.15) is 5.56 Å². The Hall–Kier alpha value is -2.22. The summed E-state index contributed by atoms with van der Waals surface area (Å²) in [6.07, 6.45) is 0. The van der Waals surface area contributed by atoms with Crippen LogP contribution in [0.5, 0.6) is 0 Å². The van der Waals surface area contributed by atoms with Crippen LogP contribution >= 0.6 is 0 Å². The van der Waals surface area contributed by atoms with Gasteiger partial charge in [-0.15, -0.1) is 0 Å². The fraction of sp³-hybridized carbons (Fsp3) is 0.0625. The smallest absolute Gasteiger partial charge is 0.214 e. The minimum absolute atomic E-state index is 0.438. The van der Waals surface area contributed by atoms with Gasteiger partial charge in [0.15, 0.2) is 0 Å². The van der Waals surface area contributed by atoms with E-state index in [2.05, 4.69) is 4.98 Å². The molecule has 88 valence electrons. The Kier molecular flexibility index (Phi) is 2.56. The van der Waals surface area contributed by atoms with Crippen molar-refractivity contribution in [1.82, 2.24) is 4.98 Å². The van der Waals surface area contributed by atoms with Gasteiger partial charge >= 0.3 is 0 Å². The lowest BCUT2D eigenvalue weighted by molar-refractivity contribution is 0.589. The minimum Gasteiger partial charge on any atom is -0.220 e. The maximum atomic E-state index is 13.6. The van der Waals surface area contributed by atoms with Gasteiger partial charge in [0.2, 0.25) is 5.95 Å². The SMILES string of the molecule is Cc1ccccc1-c1cc(F)nc2ccccc12. The molecular weight excluding hydrogens is 225 g/mol. The number of fused-ring (bicyclic) bond motifs is 1. The van der Waals surface area contributed by atoms with Crippen molar-refractivity contribution < 1.29 is 4.39 Å². The second-order valence-corrected chi connectivity index (χ2v) is 4.32. The van der Waals surface area contributed by atoms with Crippen LogP contribution in [0.3, 0.4) is 0 Å². The Labute approximate surface area is 105 Å². The highest BCUT2D eigenvalue weighted by Gasteiger charge is 2.08. The number of para-hydroxylation sites is 1. The predicted molar refractivity (Wildman–Crippen MR) is 71.9 cm³/mol. The van der Waals surface area contributed by atoms with E-state index < -0.39 is 5.95 Å². The summed E-state index contributed by atoms with van der Waals surface area (Å²) in [5.41, 5.74) is 3.77. The van der Waals surface area contributed by atoms with Gasteiger partial charge in [-0.3, -0.25) is 0 Å². The first-order chi connectivity index (χ1) is 8.75. The molecule has 0 saturated carbocycles. The molecule has 2 aromatic carbocycles. The van der Waals surface area contributed by atoms with Crippen LogP contribution in [0.4, 0.5) is 4.39 Å². The van der Waals surface area contributed by atoms with E-state index >= 15 is 0 Å². The van der Waals surface area contributed by atoms with Gasteiger partial charge in [-0.25, -0.2) is 4.98 Å². The maximum Gasteiger partial charge on any atom is 0.214 e. The second kappa shape index (κ2) is 4.22. The quantitative estimate of drug-likeness (QED) is 0.573. The molecule has 0 aliphatic heterocycles. The third-order valence-electron chi connectivity index (χ3n) is 3.12. The molecule has 0 aliphatic rings. The third kappa shape index (κ3) is 1.76. The first kappa shape index (κ1) is 10.9. The predicted octanol–water partition coefficient (Wildman–Crippen LogP) is 4.35. The van der Waals surface area contributed by atoms with Crippen molar-refractivity contribution in [1.29, 1.82) is 0 Å². The molecule has 0 radical (unpaired) electrons. The van der Waals surface area contributed by atoms with E-state index in [4.69, 9.17) is 0 Å². The van der Waals surface area contributed by atoms with Crippen molar-refractivity contribution in [2.45, 2.75) is 6.92 Å². The van der Waals surface area contributed by atoms with Crippen molar-refractivity contribution in [3.05, 3.63) is 66.1 Å². The largest absolute Gasteiger partial charge is 0.220 e. The summed E-state index contributed by atoms with van der Waals surface area (Å²) in [4.78, 5) is 3.92. The highest BCUT2D eigenvalue weighted by atomic mass is 19.1. The van der Waals surface area contributed by atoms with E-state index in [1.54, 1.807) is 0 Å². The normalized spacial score (nSPS) is 10.8. The summed E-state index contributed by atoms with van der Waals surface area (Å²) < 4.78 is 13.6. The molecule has 3 rings (SSSR count). The molecule has 1 heterocycles. The van der Waals surface area contributed by atoms with Gasteiger partial charge in [-0.05, 0) is 29.7 Å². The zero-order valence-corrected chi connectivity index (χ0v) is 10.0. The Bertz CT molecular complexity index is 719. The van der Waals surface area contributed by atoms with Gasteiger partial charge < -0.3 is 0 Å². The molecule has 0 atom stereocenters. The number of aryl methyl sites for hydroxylation is 1. The van der Waals surface area contributed by atoms with E-state index in [1.807, 2.05) is 55.5 Å². The lowest BCUT2D eigenvalue weighted by Crippen LogP contribution is -1.90. The third-order valence-corrected chi connectivity index (χ3v) is 3.12. The fourth-order valence-electron chi connectivity index (χ4n) is 2.24. The molecular formula is C16H12FN. The van der Waals surface area contributed by atoms with E-state index in [9.17, 15) is 4.39 Å². The molecule has 0 aliphatic carbocycles. The molecule has 0 bridgehead atoms. The summed E-state index contributed by atoms with van der Waals surface area (Å²) in [7, 11) is 0. The summed E-state index contributed by atoms with van der Waals surface area (Å²) in [5, 5.41) is 0.980. The van der Waals surface area contributed by atoms with Crippen LogP contribution in [-0.4, -0.2) is 4.98 Å². The lowest BCUT2D eigenvalue weighted by atomic mass is 9.97.